The predicted octanol–water partition coefficient (Wildman–Crippen LogP) is 8.30. The van der Waals surface area contributed by atoms with Gasteiger partial charge in [0.05, 0.1) is 14.2 Å². The molecular formula is C33H37FNO3P. The Kier molecular flexibility index (Phi) is 9.48. The molecule has 2 unspecified atom stereocenters. The largest absolute Gasteiger partial charge is 0.504 e. The number of para-hydroxylation sites is 2. The number of phenolic OH excluding ortho intramolecular Hbond substituents is 1. The highest BCUT2D eigenvalue weighted by molar-refractivity contribution is 7.48. The first-order chi connectivity index (χ1) is 18.9. The molecule has 0 aromatic heterocycles. The van der Waals surface area contributed by atoms with Gasteiger partial charge in [-0.1, -0.05) is 71.3 Å². The molecular weight excluding hydrogens is 508 g/mol. The smallest absolute Gasteiger partial charge is 0.164 e. The molecule has 0 bridgehead atoms. The third-order valence-electron chi connectivity index (χ3n) is 7.21. The zero-order valence-electron chi connectivity index (χ0n) is 23.1. The van der Waals surface area contributed by atoms with Gasteiger partial charge in [0.2, 0.25) is 0 Å². The van der Waals surface area contributed by atoms with Crippen molar-refractivity contribution < 1.29 is 19.0 Å². The van der Waals surface area contributed by atoms with Gasteiger partial charge in [-0.25, -0.2) is 4.39 Å². The van der Waals surface area contributed by atoms with Crippen LogP contribution in [0.5, 0.6) is 17.2 Å². The molecule has 39 heavy (non-hydrogen) atoms. The Morgan fingerprint density at radius 3 is 2.03 bits per heavy atom. The van der Waals surface area contributed by atoms with Gasteiger partial charge in [-0.3, -0.25) is 0 Å². The van der Waals surface area contributed by atoms with Crippen molar-refractivity contribution in [3.05, 3.63) is 108 Å². The van der Waals surface area contributed by atoms with E-state index < -0.39 is 0 Å². The SMILES string of the molecule is CCCC(CC)(Pc1ccc(F)cc1CN(c1ccccc1)c1ccccc1)c1cc(OC)cc(OC)c1O. The van der Waals surface area contributed by atoms with Crippen LogP contribution in [-0.4, -0.2) is 19.3 Å². The summed E-state index contributed by atoms with van der Waals surface area (Å²) in [5.74, 6) is 0.904. The molecule has 0 fully saturated rings. The lowest BCUT2D eigenvalue weighted by atomic mass is 9.89. The van der Waals surface area contributed by atoms with Crippen LogP contribution in [0.15, 0.2) is 91.0 Å². The first-order valence-electron chi connectivity index (χ1n) is 13.3. The number of hydrogen-bond acceptors (Lipinski definition) is 4. The van der Waals surface area contributed by atoms with E-state index in [0.717, 1.165) is 47.1 Å². The van der Waals surface area contributed by atoms with Crippen LogP contribution in [0.1, 0.15) is 44.2 Å². The van der Waals surface area contributed by atoms with Crippen molar-refractivity contribution in [1.82, 2.24) is 0 Å². The van der Waals surface area contributed by atoms with Gasteiger partial charge < -0.3 is 19.5 Å². The van der Waals surface area contributed by atoms with E-state index in [9.17, 15) is 9.50 Å². The number of anilines is 2. The minimum atomic E-state index is -0.377. The third-order valence-corrected chi connectivity index (χ3v) is 9.31. The maximum Gasteiger partial charge on any atom is 0.164 e. The number of methoxy groups -OCH3 is 2. The van der Waals surface area contributed by atoms with Gasteiger partial charge in [-0.05, 0) is 66.2 Å². The van der Waals surface area contributed by atoms with Gasteiger partial charge >= 0.3 is 0 Å². The molecule has 0 amide bonds. The molecule has 0 saturated heterocycles. The number of ether oxygens (including phenoxy) is 2. The van der Waals surface area contributed by atoms with Crippen LogP contribution in [0.4, 0.5) is 15.8 Å². The summed E-state index contributed by atoms with van der Waals surface area (Å²) in [5, 5.41) is 12.0. The molecule has 0 spiro atoms. The lowest BCUT2D eigenvalue weighted by molar-refractivity contribution is 0.354. The fourth-order valence-electron chi connectivity index (χ4n) is 5.16. The van der Waals surface area contributed by atoms with E-state index >= 15 is 0 Å². The van der Waals surface area contributed by atoms with Gasteiger partial charge in [0, 0.05) is 34.7 Å². The fourth-order valence-corrected chi connectivity index (χ4v) is 7.03. The average molecular weight is 546 g/mol. The van der Waals surface area contributed by atoms with E-state index in [4.69, 9.17) is 9.47 Å². The van der Waals surface area contributed by atoms with Gasteiger partial charge in [0.15, 0.2) is 11.5 Å². The maximum atomic E-state index is 14.8. The molecule has 4 aromatic carbocycles. The number of phenols is 1. The van der Waals surface area contributed by atoms with Crippen LogP contribution in [-0.2, 0) is 11.7 Å². The van der Waals surface area contributed by atoms with Crippen LogP contribution in [0.2, 0.25) is 0 Å². The fraction of sp³-hybridized carbons (Fsp3) is 0.273. The second kappa shape index (κ2) is 13.0. The number of hydrogen-bond donors (Lipinski definition) is 1. The van der Waals surface area contributed by atoms with Crippen molar-refractivity contribution in [1.29, 1.82) is 0 Å². The summed E-state index contributed by atoms with van der Waals surface area (Å²) in [4.78, 5) is 2.21. The van der Waals surface area contributed by atoms with Crippen LogP contribution < -0.4 is 19.7 Å². The Balaban J connectivity index is 1.82. The highest BCUT2D eigenvalue weighted by Crippen LogP contribution is 2.54. The Labute approximate surface area is 233 Å². The van der Waals surface area contributed by atoms with Crippen molar-refractivity contribution in [3.63, 3.8) is 0 Å². The monoisotopic (exact) mass is 545 g/mol. The lowest BCUT2D eigenvalue weighted by Gasteiger charge is -2.36. The first kappa shape index (κ1) is 28.4. The molecule has 4 rings (SSSR count). The van der Waals surface area contributed by atoms with E-state index in [1.54, 1.807) is 32.4 Å². The Bertz CT molecular complexity index is 1330. The van der Waals surface area contributed by atoms with Gasteiger partial charge in [-0.15, -0.1) is 0 Å². The first-order valence-corrected chi connectivity index (χ1v) is 14.3. The van der Waals surface area contributed by atoms with Crippen molar-refractivity contribution in [2.75, 3.05) is 19.1 Å². The molecule has 0 radical (unpaired) electrons. The van der Waals surface area contributed by atoms with Crippen molar-refractivity contribution in [2.45, 2.75) is 44.8 Å². The number of halogens is 1. The summed E-state index contributed by atoms with van der Waals surface area (Å²) in [5.41, 5.74) is 3.80. The molecule has 0 aliphatic heterocycles. The maximum absolute atomic E-state index is 14.8. The summed E-state index contributed by atoms with van der Waals surface area (Å²) in [6, 6.07) is 29.1. The van der Waals surface area contributed by atoms with E-state index in [1.807, 2.05) is 48.5 Å². The summed E-state index contributed by atoms with van der Waals surface area (Å²) in [6.45, 7) is 4.81. The van der Waals surface area contributed by atoms with Crippen LogP contribution >= 0.6 is 8.58 Å². The molecule has 204 valence electrons. The number of nitrogens with zero attached hydrogens (tertiary/aromatic N) is 1. The van der Waals surface area contributed by atoms with Crippen molar-refractivity contribution >= 4 is 25.3 Å². The van der Waals surface area contributed by atoms with Crippen LogP contribution in [0.25, 0.3) is 0 Å². The molecule has 6 heteroatoms. The third kappa shape index (κ3) is 6.37. The quantitative estimate of drug-likeness (QED) is 0.182. The highest BCUT2D eigenvalue weighted by atomic mass is 31.1. The Morgan fingerprint density at radius 1 is 0.846 bits per heavy atom. The molecule has 0 aliphatic rings. The van der Waals surface area contributed by atoms with Gasteiger partial charge in [-0.2, -0.15) is 0 Å². The molecule has 0 saturated carbocycles. The summed E-state index contributed by atoms with van der Waals surface area (Å²) >= 11 is 0. The number of benzene rings is 4. The van der Waals surface area contributed by atoms with Gasteiger partial charge in [0.1, 0.15) is 11.6 Å². The Morgan fingerprint density at radius 2 is 1.49 bits per heavy atom. The van der Waals surface area contributed by atoms with Crippen LogP contribution in [0, 0.1) is 5.82 Å². The van der Waals surface area contributed by atoms with E-state index in [1.165, 1.54) is 0 Å². The number of rotatable bonds is 12. The highest BCUT2D eigenvalue weighted by Gasteiger charge is 2.35. The second-order valence-corrected chi connectivity index (χ2v) is 11.3. The summed E-state index contributed by atoms with van der Waals surface area (Å²) in [7, 11) is 3.45. The molecule has 4 nitrogen and oxygen atoms in total. The minimum absolute atomic E-state index is 0.139. The molecule has 4 aromatic rings. The summed E-state index contributed by atoms with van der Waals surface area (Å²) < 4.78 is 25.8. The minimum Gasteiger partial charge on any atom is -0.504 e. The zero-order valence-corrected chi connectivity index (χ0v) is 24.1. The van der Waals surface area contributed by atoms with Crippen LogP contribution in [0.3, 0.4) is 0 Å². The second-order valence-electron chi connectivity index (χ2n) is 9.60. The predicted molar refractivity (Wildman–Crippen MR) is 161 cm³/mol. The van der Waals surface area contributed by atoms with Crippen molar-refractivity contribution in [2.24, 2.45) is 0 Å². The summed E-state index contributed by atoms with van der Waals surface area (Å²) in [6.07, 6.45) is 2.57. The van der Waals surface area contributed by atoms with E-state index in [-0.39, 0.29) is 25.3 Å². The number of aromatic hydroxyl groups is 1. The normalized spacial score (nSPS) is 12.8. The standard InChI is InChI=1S/C33H37FNO3P/c1-5-19-33(6-2,29-21-28(37-3)22-30(38-4)32(29)36)39-31-18-17-25(34)20-24(31)23-35(26-13-9-7-10-14-26)27-15-11-8-12-16-27/h7-18,20-22,36,39H,5-6,19,23H2,1-4H3. The lowest BCUT2D eigenvalue weighted by Crippen LogP contribution is -2.26. The van der Waals surface area contributed by atoms with E-state index in [2.05, 4.69) is 43.0 Å². The van der Waals surface area contributed by atoms with Gasteiger partial charge in [0.25, 0.3) is 0 Å². The topological polar surface area (TPSA) is 41.9 Å². The molecule has 2 atom stereocenters. The molecule has 0 aliphatic carbocycles. The van der Waals surface area contributed by atoms with E-state index in [0.29, 0.717) is 18.0 Å². The Hall–Kier alpha value is -3.56. The molecule has 0 heterocycles. The zero-order chi connectivity index (χ0) is 27.8. The molecule has 1 N–H and O–H groups in total. The van der Waals surface area contributed by atoms with Crippen molar-refractivity contribution in [3.8, 4) is 17.2 Å². The average Bonchev–Trinajstić information content (AvgIpc) is 2.97.